The van der Waals surface area contributed by atoms with Gasteiger partial charge in [0.25, 0.3) is 0 Å². The lowest BCUT2D eigenvalue weighted by molar-refractivity contribution is 0.415. The number of fused-ring (bicyclic) bond motifs is 1. The monoisotopic (exact) mass is 285 g/mol. The molecule has 100 valence electrons. The zero-order valence-electron chi connectivity index (χ0n) is 10.8. The number of para-hydroxylation sites is 2. The molecule has 0 saturated carbocycles. The second-order valence-corrected chi connectivity index (χ2v) is 4.70. The molecule has 0 aliphatic carbocycles. The molecule has 2 aromatic carbocycles. The van der Waals surface area contributed by atoms with Gasteiger partial charge >= 0.3 is 0 Å². The first-order valence-corrected chi connectivity index (χ1v) is 6.43. The van der Waals surface area contributed by atoms with E-state index in [1.54, 1.807) is 19.2 Å². The van der Waals surface area contributed by atoms with Gasteiger partial charge in [-0.2, -0.15) is 0 Å². The van der Waals surface area contributed by atoms with Gasteiger partial charge in [0.15, 0.2) is 5.82 Å². The van der Waals surface area contributed by atoms with Crippen molar-refractivity contribution in [2.45, 2.75) is 0 Å². The Kier molecular flexibility index (Phi) is 3.16. The SMILES string of the molecule is COc1cc(-c2nc3ccccc3nc2N)ccc1Cl. The Labute approximate surface area is 121 Å². The number of rotatable bonds is 2. The van der Waals surface area contributed by atoms with Crippen LogP contribution in [0.4, 0.5) is 5.82 Å². The summed E-state index contributed by atoms with van der Waals surface area (Å²) in [6, 6.07) is 13.0. The fourth-order valence-corrected chi connectivity index (χ4v) is 2.23. The van der Waals surface area contributed by atoms with Crippen molar-refractivity contribution in [3.8, 4) is 17.0 Å². The first-order valence-electron chi connectivity index (χ1n) is 6.05. The van der Waals surface area contributed by atoms with Crippen LogP contribution in [0.1, 0.15) is 0 Å². The number of aromatic nitrogens is 2. The van der Waals surface area contributed by atoms with Crippen LogP contribution in [-0.2, 0) is 0 Å². The molecule has 0 atom stereocenters. The van der Waals surface area contributed by atoms with Gasteiger partial charge in [-0.3, -0.25) is 0 Å². The van der Waals surface area contributed by atoms with E-state index >= 15 is 0 Å². The van der Waals surface area contributed by atoms with Gasteiger partial charge in [0.1, 0.15) is 11.4 Å². The maximum atomic E-state index is 6.03. The lowest BCUT2D eigenvalue weighted by Gasteiger charge is -2.09. The van der Waals surface area contributed by atoms with E-state index < -0.39 is 0 Å². The number of anilines is 1. The van der Waals surface area contributed by atoms with Gasteiger partial charge in [0, 0.05) is 5.56 Å². The maximum absolute atomic E-state index is 6.03. The molecule has 0 fully saturated rings. The molecular formula is C15H12ClN3O. The summed E-state index contributed by atoms with van der Waals surface area (Å²) in [6.07, 6.45) is 0. The molecule has 0 amide bonds. The maximum Gasteiger partial charge on any atom is 0.150 e. The second-order valence-electron chi connectivity index (χ2n) is 4.30. The normalized spacial score (nSPS) is 10.7. The van der Waals surface area contributed by atoms with Crippen molar-refractivity contribution < 1.29 is 4.74 Å². The van der Waals surface area contributed by atoms with Crippen LogP contribution in [0.25, 0.3) is 22.3 Å². The number of methoxy groups -OCH3 is 1. The Morgan fingerprint density at radius 3 is 2.45 bits per heavy atom. The second kappa shape index (κ2) is 4.98. The van der Waals surface area contributed by atoms with Crippen LogP contribution < -0.4 is 10.5 Å². The van der Waals surface area contributed by atoms with E-state index in [1.807, 2.05) is 30.3 Å². The lowest BCUT2D eigenvalue weighted by atomic mass is 10.1. The molecule has 3 rings (SSSR count). The van der Waals surface area contributed by atoms with Crippen LogP contribution >= 0.6 is 11.6 Å². The lowest BCUT2D eigenvalue weighted by Crippen LogP contribution is -1.98. The minimum atomic E-state index is 0.382. The summed E-state index contributed by atoms with van der Waals surface area (Å²) in [5.41, 5.74) is 9.02. The number of benzene rings is 2. The van der Waals surface area contributed by atoms with E-state index in [2.05, 4.69) is 9.97 Å². The van der Waals surface area contributed by atoms with Gasteiger partial charge in [-0.05, 0) is 24.3 Å². The number of nitrogens with zero attached hydrogens (tertiary/aromatic N) is 2. The molecule has 0 saturated heterocycles. The molecule has 3 aromatic rings. The summed E-state index contributed by atoms with van der Waals surface area (Å²) in [4.78, 5) is 8.94. The third-order valence-corrected chi connectivity index (χ3v) is 3.33. The van der Waals surface area contributed by atoms with E-state index in [0.29, 0.717) is 22.3 Å². The van der Waals surface area contributed by atoms with Crippen LogP contribution in [0.15, 0.2) is 42.5 Å². The molecule has 0 aliphatic rings. The molecule has 0 unspecified atom stereocenters. The summed E-state index contributed by atoms with van der Waals surface area (Å²) < 4.78 is 5.21. The first kappa shape index (κ1) is 12.7. The van der Waals surface area contributed by atoms with Crippen molar-refractivity contribution in [1.82, 2.24) is 9.97 Å². The molecule has 0 spiro atoms. The smallest absolute Gasteiger partial charge is 0.150 e. The van der Waals surface area contributed by atoms with Gasteiger partial charge in [0.2, 0.25) is 0 Å². The molecule has 2 N–H and O–H groups in total. The van der Waals surface area contributed by atoms with Crippen molar-refractivity contribution in [3.05, 3.63) is 47.5 Å². The molecule has 4 nitrogen and oxygen atoms in total. The summed E-state index contributed by atoms with van der Waals surface area (Å²) in [5, 5.41) is 0.545. The molecule has 1 heterocycles. The van der Waals surface area contributed by atoms with Crippen LogP contribution in [-0.4, -0.2) is 17.1 Å². The average Bonchev–Trinajstić information content (AvgIpc) is 2.47. The Morgan fingerprint density at radius 2 is 1.75 bits per heavy atom. The number of ether oxygens (including phenoxy) is 1. The van der Waals surface area contributed by atoms with Crippen molar-refractivity contribution in [2.75, 3.05) is 12.8 Å². The van der Waals surface area contributed by atoms with Crippen molar-refractivity contribution >= 4 is 28.5 Å². The third-order valence-electron chi connectivity index (χ3n) is 3.02. The number of hydrogen-bond donors (Lipinski definition) is 1. The molecule has 0 aliphatic heterocycles. The van der Waals surface area contributed by atoms with Crippen molar-refractivity contribution in [1.29, 1.82) is 0 Å². The van der Waals surface area contributed by atoms with Gasteiger partial charge in [0.05, 0.1) is 23.2 Å². The van der Waals surface area contributed by atoms with Crippen molar-refractivity contribution in [3.63, 3.8) is 0 Å². The number of nitrogen functional groups attached to an aromatic ring is 1. The largest absolute Gasteiger partial charge is 0.495 e. The van der Waals surface area contributed by atoms with Gasteiger partial charge in [-0.1, -0.05) is 29.8 Å². The topological polar surface area (TPSA) is 61.0 Å². The zero-order chi connectivity index (χ0) is 14.1. The van der Waals surface area contributed by atoms with E-state index in [0.717, 1.165) is 16.6 Å². The average molecular weight is 286 g/mol. The van der Waals surface area contributed by atoms with Crippen molar-refractivity contribution in [2.24, 2.45) is 0 Å². The van der Waals surface area contributed by atoms with Crippen LogP contribution in [0.2, 0.25) is 5.02 Å². The standard InChI is InChI=1S/C15H12ClN3O/c1-20-13-8-9(6-7-10(13)16)14-15(17)19-12-5-3-2-4-11(12)18-14/h2-8H,1H3,(H2,17,19). The Bertz CT molecular complexity index is 789. The Morgan fingerprint density at radius 1 is 1.05 bits per heavy atom. The number of hydrogen-bond acceptors (Lipinski definition) is 4. The molecule has 5 heteroatoms. The van der Waals surface area contributed by atoms with E-state index in [1.165, 1.54) is 0 Å². The van der Waals surface area contributed by atoms with E-state index in [-0.39, 0.29) is 0 Å². The molecular weight excluding hydrogens is 274 g/mol. The fourth-order valence-electron chi connectivity index (χ4n) is 2.03. The summed E-state index contributed by atoms with van der Waals surface area (Å²) in [5.74, 6) is 0.964. The minimum Gasteiger partial charge on any atom is -0.495 e. The summed E-state index contributed by atoms with van der Waals surface area (Å²) >= 11 is 6.03. The summed E-state index contributed by atoms with van der Waals surface area (Å²) in [6.45, 7) is 0. The highest BCUT2D eigenvalue weighted by Crippen LogP contribution is 2.32. The molecule has 0 bridgehead atoms. The zero-order valence-corrected chi connectivity index (χ0v) is 11.6. The van der Waals surface area contributed by atoms with Crippen LogP contribution in [0.5, 0.6) is 5.75 Å². The van der Waals surface area contributed by atoms with Gasteiger partial charge < -0.3 is 10.5 Å². The van der Waals surface area contributed by atoms with Gasteiger partial charge in [-0.25, -0.2) is 9.97 Å². The molecule has 20 heavy (non-hydrogen) atoms. The number of halogens is 1. The van der Waals surface area contributed by atoms with Crippen LogP contribution in [0.3, 0.4) is 0 Å². The Hall–Kier alpha value is -2.33. The predicted molar refractivity (Wildman–Crippen MR) is 80.9 cm³/mol. The third kappa shape index (κ3) is 2.14. The highest BCUT2D eigenvalue weighted by Gasteiger charge is 2.10. The van der Waals surface area contributed by atoms with Gasteiger partial charge in [-0.15, -0.1) is 0 Å². The fraction of sp³-hybridized carbons (Fsp3) is 0.0667. The van der Waals surface area contributed by atoms with E-state index in [4.69, 9.17) is 22.1 Å². The highest BCUT2D eigenvalue weighted by molar-refractivity contribution is 6.32. The summed E-state index contributed by atoms with van der Waals surface area (Å²) in [7, 11) is 1.57. The van der Waals surface area contributed by atoms with Crippen LogP contribution in [0, 0.1) is 0 Å². The predicted octanol–water partition coefficient (Wildman–Crippen LogP) is 3.54. The quantitative estimate of drug-likeness (QED) is 0.782. The first-order chi connectivity index (χ1) is 9.69. The Balaban J connectivity index is 2.21. The highest BCUT2D eigenvalue weighted by atomic mass is 35.5. The molecule has 1 aromatic heterocycles. The number of nitrogens with two attached hydrogens (primary N) is 1. The minimum absolute atomic E-state index is 0.382. The molecule has 0 radical (unpaired) electrons. The van der Waals surface area contributed by atoms with E-state index in [9.17, 15) is 0 Å².